The predicted molar refractivity (Wildman–Crippen MR) is 66.0 cm³/mol. The Kier molecular flexibility index (Phi) is 5.27. The number of hydrogen-bond acceptors (Lipinski definition) is 5. The van der Waals surface area contributed by atoms with Crippen molar-refractivity contribution in [1.82, 2.24) is 15.5 Å². The van der Waals surface area contributed by atoms with Crippen molar-refractivity contribution in [1.29, 1.82) is 0 Å². The zero-order valence-electron chi connectivity index (χ0n) is 11.2. The molecule has 0 fully saturated rings. The zero-order valence-corrected chi connectivity index (χ0v) is 11.2. The van der Waals surface area contributed by atoms with Gasteiger partial charge in [0.15, 0.2) is 5.82 Å². The summed E-state index contributed by atoms with van der Waals surface area (Å²) in [6, 6.07) is 0. The summed E-state index contributed by atoms with van der Waals surface area (Å²) in [5.74, 6) is 1.18. The Labute approximate surface area is 107 Å². The second-order valence-corrected chi connectivity index (χ2v) is 5.19. The van der Waals surface area contributed by atoms with Gasteiger partial charge in [0.1, 0.15) is 0 Å². The topological polar surface area (TPSA) is 88.2 Å². The Hall–Kier alpha value is -1.43. The lowest BCUT2D eigenvalue weighted by atomic mass is 9.96. The number of nitrogens with zero attached hydrogens (tertiary/aromatic N) is 2. The Balaban J connectivity index is 2.32. The molecule has 0 spiro atoms. The summed E-state index contributed by atoms with van der Waals surface area (Å²) in [6.45, 7) is 6.32. The van der Waals surface area contributed by atoms with E-state index in [1.807, 2.05) is 20.8 Å². The number of aromatic nitrogens is 2. The van der Waals surface area contributed by atoms with E-state index in [-0.39, 0.29) is 17.9 Å². The Morgan fingerprint density at radius 3 is 2.72 bits per heavy atom. The van der Waals surface area contributed by atoms with Crippen molar-refractivity contribution in [2.45, 2.75) is 45.4 Å². The summed E-state index contributed by atoms with van der Waals surface area (Å²) in [7, 11) is 0. The van der Waals surface area contributed by atoms with Gasteiger partial charge in [-0.2, -0.15) is 4.98 Å². The quantitative estimate of drug-likeness (QED) is 0.785. The molecule has 1 rings (SSSR count). The molecule has 2 N–H and O–H groups in total. The monoisotopic (exact) mass is 255 g/mol. The fourth-order valence-electron chi connectivity index (χ4n) is 1.34. The van der Waals surface area contributed by atoms with Gasteiger partial charge in [-0.1, -0.05) is 25.9 Å². The summed E-state index contributed by atoms with van der Waals surface area (Å²) in [5, 5.41) is 15.1. The first-order valence-electron chi connectivity index (χ1n) is 6.14. The van der Waals surface area contributed by atoms with Gasteiger partial charge in [0, 0.05) is 24.8 Å². The smallest absolute Gasteiger partial charge is 0.226 e. The van der Waals surface area contributed by atoms with Crippen LogP contribution in [0.1, 0.15) is 45.3 Å². The van der Waals surface area contributed by atoms with Crippen LogP contribution in [-0.2, 0) is 16.6 Å². The molecule has 102 valence electrons. The standard InChI is InChI=1S/C12H21N3O3/c1-12(2,3)11-14-10(18-15-11)6-4-5-9(17)13-7-8-16/h16H,4-8H2,1-3H3,(H,13,17). The van der Waals surface area contributed by atoms with E-state index in [4.69, 9.17) is 9.63 Å². The van der Waals surface area contributed by atoms with Gasteiger partial charge < -0.3 is 14.9 Å². The average Bonchev–Trinajstić information content (AvgIpc) is 2.74. The highest BCUT2D eigenvalue weighted by Gasteiger charge is 2.20. The molecule has 0 aliphatic carbocycles. The number of amides is 1. The highest BCUT2D eigenvalue weighted by molar-refractivity contribution is 5.75. The minimum atomic E-state index is -0.125. The van der Waals surface area contributed by atoms with Gasteiger partial charge in [0.05, 0.1) is 6.61 Å². The lowest BCUT2D eigenvalue weighted by Gasteiger charge is -2.10. The van der Waals surface area contributed by atoms with Crippen LogP contribution in [0.2, 0.25) is 0 Å². The largest absolute Gasteiger partial charge is 0.395 e. The lowest BCUT2D eigenvalue weighted by molar-refractivity contribution is -0.121. The van der Waals surface area contributed by atoms with Crippen molar-refractivity contribution >= 4 is 5.91 Å². The van der Waals surface area contributed by atoms with E-state index in [9.17, 15) is 4.79 Å². The average molecular weight is 255 g/mol. The number of nitrogens with one attached hydrogen (secondary N) is 1. The maximum Gasteiger partial charge on any atom is 0.226 e. The molecule has 0 aliphatic heterocycles. The SMILES string of the molecule is CC(C)(C)c1noc(CCCC(=O)NCCO)n1. The van der Waals surface area contributed by atoms with E-state index in [1.54, 1.807) is 0 Å². The molecular weight excluding hydrogens is 234 g/mol. The number of aliphatic hydroxyl groups excluding tert-OH is 1. The molecule has 1 aromatic rings. The highest BCUT2D eigenvalue weighted by atomic mass is 16.5. The molecule has 0 bridgehead atoms. The van der Waals surface area contributed by atoms with E-state index in [0.29, 0.717) is 37.5 Å². The molecule has 18 heavy (non-hydrogen) atoms. The Morgan fingerprint density at radius 2 is 2.17 bits per heavy atom. The van der Waals surface area contributed by atoms with Crippen molar-refractivity contribution in [3.63, 3.8) is 0 Å². The molecule has 1 heterocycles. The van der Waals surface area contributed by atoms with Crippen LogP contribution in [0, 0.1) is 0 Å². The third-order valence-corrected chi connectivity index (χ3v) is 2.37. The zero-order chi connectivity index (χ0) is 13.6. The molecular formula is C12H21N3O3. The molecule has 0 unspecified atom stereocenters. The van der Waals surface area contributed by atoms with Crippen molar-refractivity contribution in [2.24, 2.45) is 0 Å². The van der Waals surface area contributed by atoms with Gasteiger partial charge in [0.2, 0.25) is 11.8 Å². The van der Waals surface area contributed by atoms with Crippen LogP contribution in [0.5, 0.6) is 0 Å². The number of aliphatic hydroxyl groups is 1. The number of carbonyl (C=O) groups excluding carboxylic acids is 1. The molecule has 1 amide bonds. The first-order valence-corrected chi connectivity index (χ1v) is 6.14. The van der Waals surface area contributed by atoms with Crippen molar-refractivity contribution in [3.05, 3.63) is 11.7 Å². The maximum atomic E-state index is 11.3. The van der Waals surface area contributed by atoms with Crippen LogP contribution in [-0.4, -0.2) is 34.3 Å². The van der Waals surface area contributed by atoms with Gasteiger partial charge in [-0.25, -0.2) is 0 Å². The van der Waals surface area contributed by atoms with Crippen molar-refractivity contribution < 1.29 is 14.4 Å². The molecule has 0 saturated heterocycles. The molecule has 0 radical (unpaired) electrons. The second-order valence-electron chi connectivity index (χ2n) is 5.19. The maximum absolute atomic E-state index is 11.3. The van der Waals surface area contributed by atoms with Crippen LogP contribution < -0.4 is 5.32 Å². The fourth-order valence-corrected chi connectivity index (χ4v) is 1.34. The van der Waals surface area contributed by atoms with E-state index < -0.39 is 0 Å². The van der Waals surface area contributed by atoms with Crippen LogP contribution in [0.15, 0.2) is 4.52 Å². The molecule has 1 aromatic heterocycles. The van der Waals surface area contributed by atoms with E-state index >= 15 is 0 Å². The van der Waals surface area contributed by atoms with Crippen LogP contribution in [0.25, 0.3) is 0 Å². The predicted octanol–water partition coefficient (Wildman–Crippen LogP) is 0.798. The van der Waals surface area contributed by atoms with Crippen molar-refractivity contribution in [2.75, 3.05) is 13.2 Å². The Bertz CT molecular complexity index is 382. The number of rotatable bonds is 6. The van der Waals surface area contributed by atoms with Crippen LogP contribution in [0.4, 0.5) is 0 Å². The summed E-state index contributed by atoms with van der Waals surface area (Å²) in [4.78, 5) is 15.6. The van der Waals surface area contributed by atoms with Crippen molar-refractivity contribution in [3.8, 4) is 0 Å². The second kappa shape index (κ2) is 6.49. The first-order chi connectivity index (χ1) is 8.43. The molecule has 0 aliphatic rings. The van der Waals surface area contributed by atoms with Gasteiger partial charge >= 0.3 is 0 Å². The van der Waals surface area contributed by atoms with Gasteiger partial charge in [-0.3, -0.25) is 4.79 Å². The normalized spacial score (nSPS) is 11.6. The summed E-state index contributed by atoms with van der Waals surface area (Å²) < 4.78 is 5.12. The molecule has 6 nitrogen and oxygen atoms in total. The van der Waals surface area contributed by atoms with Gasteiger partial charge in [-0.15, -0.1) is 0 Å². The van der Waals surface area contributed by atoms with Gasteiger partial charge in [-0.05, 0) is 6.42 Å². The number of hydrogen-bond donors (Lipinski definition) is 2. The number of aryl methyl sites for hydroxylation is 1. The first kappa shape index (κ1) is 14.6. The molecule has 0 saturated carbocycles. The number of carbonyl (C=O) groups is 1. The summed E-state index contributed by atoms with van der Waals surface area (Å²) >= 11 is 0. The highest BCUT2D eigenvalue weighted by Crippen LogP contribution is 2.18. The minimum absolute atomic E-state index is 0.0374. The fraction of sp³-hybridized carbons (Fsp3) is 0.750. The molecule has 0 aromatic carbocycles. The van der Waals surface area contributed by atoms with Crippen LogP contribution >= 0.6 is 0 Å². The minimum Gasteiger partial charge on any atom is -0.395 e. The molecule has 6 heteroatoms. The van der Waals surface area contributed by atoms with Crippen LogP contribution in [0.3, 0.4) is 0 Å². The van der Waals surface area contributed by atoms with E-state index in [0.717, 1.165) is 0 Å². The summed E-state index contributed by atoms with van der Waals surface area (Å²) in [5.41, 5.74) is -0.125. The van der Waals surface area contributed by atoms with Gasteiger partial charge in [0.25, 0.3) is 0 Å². The van der Waals surface area contributed by atoms with E-state index in [2.05, 4.69) is 15.5 Å². The third-order valence-electron chi connectivity index (χ3n) is 2.37. The third kappa shape index (κ3) is 4.83. The summed E-state index contributed by atoms with van der Waals surface area (Å²) in [6.07, 6.45) is 1.64. The van der Waals surface area contributed by atoms with E-state index in [1.165, 1.54) is 0 Å². The lowest BCUT2D eigenvalue weighted by Crippen LogP contribution is -2.26. The Morgan fingerprint density at radius 1 is 1.44 bits per heavy atom. The molecule has 0 atom stereocenters.